The van der Waals surface area contributed by atoms with Crippen LogP contribution in [0.5, 0.6) is 0 Å². The lowest BCUT2D eigenvalue weighted by atomic mass is 9.95. The fourth-order valence-electron chi connectivity index (χ4n) is 4.50. The molecule has 0 aliphatic carbocycles. The molecule has 1 unspecified atom stereocenters. The van der Waals surface area contributed by atoms with Crippen LogP contribution in [0.1, 0.15) is 33.9 Å². The molecule has 30 heavy (non-hydrogen) atoms. The van der Waals surface area contributed by atoms with Gasteiger partial charge in [0.2, 0.25) is 0 Å². The third-order valence-electron chi connectivity index (χ3n) is 6.38. The number of piperazine rings is 1. The van der Waals surface area contributed by atoms with Gasteiger partial charge < -0.3 is 15.1 Å². The Bertz CT molecular complexity index is 877. The molecule has 2 aromatic rings. The maximum Gasteiger partial charge on any atom is 0.251 e. The molecule has 0 spiro atoms. The van der Waals surface area contributed by atoms with Crippen molar-refractivity contribution in [3.63, 3.8) is 0 Å². The van der Waals surface area contributed by atoms with Crippen molar-refractivity contribution in [2.24, 2.45) is 0 Å². The molecule has 0 bridgehead atoms. The highest BCUT2D eigenvalue weighted by molar-refractivity contribution is 6.30. The van der Waals surface area contributed by atoms with Crippen LogP contribution in [-0.2, 0) is 6.42 Å². The molecule has 0 aromatic heterocycles. The smallest absolute Gasteiger partial charge is 0.251 e. The minimum absolute atomic E-state index is 0.0523. The number of nitrogens with one attached hydrogen (secondary N) is 1. The van der Waals surface area contributed by atoms with Gasteiger partial charge in [0.05, 0.1) is 6.04 Å². The van der Waals surface area contributed by atoms with E-state index in [9.17, 15) is 4.79 Å². The normalized spacial score (nSPS) is 18.7. The number of hydrogen-bond donors (Lipinski definition) is 1. The number of fused-ring (bicyclic) bond motifs is 1. The lowest BCUT2D eigenvalue weighted by molar-refractivity contribution is 0.0886. The average Bonchev–Trinajstić information content (AvgIpc) is 2.75. The SMILES string of the molecule is CN1CCN(C(CNC(=O)c2ccc(Cl)cc2)c2ccc3c(c2)CCCN3C)CC1. The predicted octanol–water partition coefficient (Wildman–Crippen LogP) is 3.44. The number of aryl methyl sites for hydroxylation is 1. The number of carbonyl (C=O) groups excluding carboxylic acids is 1. The monoisotopic (exact) mass is 426 g/mol. The van der Waals surface area contributed by atoms with E-state index in [1.165, 1.54) is 23.2 Å². The first kappa shape index (κ1) is 21.2. The highest BCUT2D eigenvalue weighted by Gasteiger charge is 2.26. The van der Waals surface area contributed by atoms with Crippen molar-refractivity contribution < 1.29 is 4.79 Å². The molecule has 6 heteroatoms. The molecule has 2 aliphatic heterocycles. The van der Waals surface area contributed by atoms with E-state index < -0.39 is 0 Å². The van der Waals surface area contributed by atoms with Crippen molar-refractivity contribution in [3.8, 4) is 0 Å². The molecule has 2 aliphatic rings. The van der Waals surface area contributed by atoms with Gasteiger partial charge in [-0.05, 0) is 61.3 Å². The fourth-order valence-corrected chi connectivity index (χ4v) is 4.62. The van der Waals surface area contributed by atoms with E-state index in [0.717, 1.165) is 39.1 Å². The van der Waals surface area contributed by atoms with Crippen molar-refractivity contribution in [3.05, 3.63) is 64.2 Å². The maximum absolute atomic E-state index is 12.7. The molecule has 0 saturated carbocycles. The van der Waals surface area contributed by atoms with Gasteiger partial charge in [-0.25, -0.2) is 0 Å². The van der Waals surface area contributed by atoms with Gasteiger partial charge in [0.15, 0.2) is 0 Å². The van der Waals surface area contributed by atoms with Crippen molar-refractivity contribution >= 4 is 23.2 Å². The third kappa shape index (κ3) is 4.80. The zero-order valence-corrected chi connectivity index (χ0v) is 18.7. The Morgan fingerprint density at radius 1 is 1.03 bits per heavy atom. The number of hydrogen-bond acceptors (Lipinski definition) is 4. The number of likely N-dealkylation sites (N-methyl/N-ethyl adjacent to an activating group) is 1. The summed E-state index contributed by atoms with van der Waals surface area (Å²) in [5, 5.41) is 3.81. The van der Waals surface area contributed by atoms with E-state index in [1.54, 1.807) is 24.3 Å². The summed E-state index contributed by atoms with van der Waals surface area (Å²) in [6.07, 6.45) is 2.32. The van der Waals surface area contributed by atoms with Crippen LogP contribution < -0.4 is 10.2 Å². The van der Waals surface area contributed by atoms with E-state index in [1.807, 2.05) is 0 Å². The number of amides is 1. The second-order valence-corrected chi connectivity index (χ2v) is 8.92. The number of carbonyl (C=O) groups is 1. The molecule has 1 saturated heterocycles. The summed E-state index contributed by atoms with van der Waals surface area (Å²) in [6, 6.07) is 14.1. The summed E-state index contributed by atoms with van der Waals surface area (Å²) < 4.78 is 0. The molecular formula is C24H31ClN4O. The van der Waals surface area contributed by atoms with Crippen LogP contribution in [0.25, 0.3) is 0 Å². The number of benzene rings is 2. The zero-order valence-electron chi connectivity index (χ0n) is 17.9. The molecule has 4 rings (SSSR count). The largest absolute Gasteiger partial charge is 0.374 e. The molecule has 1 fully saturated rings. The van der Waals surface area contributed by atoms with Crippen LogP contribution in [-0.4, -0.2) is 69.1 Å². The van der Waals surface area contributed by atoms with Gasteiger partial charge in [-0.3, -0.25) is 9.69 Å². The molecule has 160 valence electrons. The molecule has 1 N–H and O–H groups in total. The van der Waals surface area contributed by atoms with Gasteiger partial charge in [0.25, 0.3) is 5.91 Å². The van der Waals surface area contributed by atoms with E-state index in [4.69, 9.17) is 11.6 Å². The van der Waals surface area contributed by atoms with Crippen LogP contribution in [0, 0.1) is 0 Å². The van der Waals surface area contributed by atoms with Gasteiger partial charge in [-0.2, -0.15) is 0 Å². The Kier molecular flexibility index (Phi) is 6.61. The maximum atomic E-state index is 12.7. The van der Waals surface area contributed by atoms with Crippen molar-refractivity contribution in [1.82, 2.24) is 15.1 Å². The van der Waals surface area contributed by atoms with Gasteiger partial charge in [-0.15, -0.1) is 0 Å². The molecule has 1 atom stereocenters. The highest BCUT2D eigenvalue weighted by Crippen LogP contribution is 2.31. The van der Waals surface area contributed by atoms with Crippen LogP contribution >= 0.6 is 11.6 Å². The zero-order chi connectivity index (χ0) is 21.1. The Morgan fingerprint density at radius 2 is 1.77 bits per heavy atom. The second kappa shape index (κ2) is 9.38. The highest BCUT2D eigenvalue weighted by atomic mass is 35.5. The molecule has 1 amide bonds. The Labute approximate surface area is 184 Å². The Balaban J connectivity index is 1.54. The molecular weight excluding hydrogens is 396 g/mol. The third-order valence-corrected chi connectivity index (χ3v) is 6.63. The molecule has 5 nitrogen and oxygen atoms in total. The average molecular weight is 427 g/mol. The quantitative estimate of drug-likeness (QED) is 0.794. The van der Waals surface area contributed by atoms with Crippen molar-refractivity contribution in [1.29, 1.82) is 0 Å². The van der Waals surface area contributed by atoms with Gasteiger partial charge >= 0.3 is 0 Å². The van der Waals surface area contributed by atoms with E-state index in [-0.39, 0.29) is 11.9 Å². The Hall–Kier alpha value is -2.08. The number of halogens is 1. The topological polar surface area (TPSA) is 38.8 Å². The van der Waals surface area contributed by atoms with Crippen molar-refractivity contribution in [2.45, 2.75) is 18.9 Å². The first-order valence-electron chi connectivity index (χ1n) is 10.8. The summed E-state index contributed by atoms with van der Waals surface area (Å²) in [6.45, 7) is 5.83. The Morgan fingerprint density at radius 3 is 2.50 bits per heavy atom. The molecule has 2 heterocycles. The summed E-state index contributed by atoms with van der Waals surface area (Å²) >= 11 is 5.96. The number of rotatable bonds is 5. The second-order valence-electron chi connectivity index (χ2n) is 8.49. The van der Waals surface area contributed by atoms with Crippen LogP contribution in [0.15, 0.2) is 42.5 Å². The molecule has 0 radical (unpaired) electrons. The van der Waals surface area contributed by atoms with Gasteiger partial charge in [0.1, 0.15) is 0 Å². The standard InChI is InChI=1S/C24H31ClN4O/c1-27-12-14-29(15-13-27)23(17-26-24(30)18-5-8-21(25)9-6-18)20-7-10-22-19(16-20)4-3-11-28(22)2/h5-10,16,23H,3-4,11-15,17H2,1-2H3,(H,26,30). The first-order chi connectivity index (χ1) is 14.5. The summed E-state index contributed by atoms with van der Waals surface area (Å²) in [5.41, 5.74) is 4.70. The first-order valence-corrected chi connectivity index (χ1v) is 11.2. The lowest BCUT2D eigenvalue weighted by Gasteiger charge is -2.39. The molecule has 2 aromatic carbocycles. The summed E-state index contributed by atoms with van der Waals surface area (Å²) in [7, 11) is 4.34. The van der Waals surface area contributed by atoms with Gasteiger partial charge in [0, 0.05) is 62.6 Å². The van der Waals surface area contributed by atoms with E-state index in [2.05, 4.69) is 52.3 Å². The number of nitrogens with zero attached hydrogens (tertiary/aromatic N) is 3. The minimum atomic E-state index is -0.0523. The fraction of sp³-hybridized carbons (Fsp3) is 0.458. The van der Waals surface area contributed by atoms with Crippen molar-refractivity contribution in [2.75, 3.05) is 58.3 Å². The van der Waals surface area contributed by atoms with E-state index >= 15 is 0 Å². The predicted molar refractivity (Wildman–Crippen MR) is 124 cm³/mol. The lowest BCUT2D eigenvalue weighted by Crippen LogP contribution is -2.48. The minimum Gasteiger partial charge on any atom is -0.374 e. The van der Waals surface area contributed by atoms with E-state index in [0.29, 0.717) is 17.1 Å². The summed E-state index contributed by atoms with van der Waals surface area (Å²) in [4.78, 5) is 19.9. The summed E-state index contributed by atoms with van der Waals surface area (Å²) in [5.74, 6) is -0.0523. The van der Waals surface area contributed by atoms with Gasteiger partial charge in [-0.1, -0.05) is 23.7 Å². The van der Waals surface area contributed by atoms with Crippen LogP contribution in [0.4, 0.5) is 5.69 Å². The van der Waals surface area contributed by atoms with Crippen LogP contribution in [0.3, 0.4) is 0 Å². The van der Waals surface area contributed by atoms with Crippen LogP contribution in [0.2, 0.25) is 5.02 Å². The number of anilines is 1.